The van der Waals surface area contributed by atoms with Gasteiger partial charge < -0.3 is 4.42 Å². The Labute approximate surface area is 117 Å². The molecular formula is C15H18ClNO2. The Balaban J connectivity index is 1.87. The molecule has 4 heteroatoms. The van der Waals surface area contributed by atoms with Gasteiger partial charge in [0.15, 0.2) is 5.58 Å². The molecule has 0 spiro atoms. The van der Waals surface area contributed by atoms with Crippen LogP contribution in [-0.2, 0) is 0 Å². The van der Waals surface area contributed by atoms with Gasteiger partial charge in [0, 0.05) is 0 Å². The second kappa shape index (κ2) is 5.41. The van der Waals surface area contributed by atoms with E-state index in [0.717, 1.165) is 11.1 Å². The van der Waals surface area contributed by atoms with Crippen molar-refractivity contribution < 1.29 is 4.42 Å². The van der Waals surface area contributed by atoms with Crippen LogP contribution < -0.4 is 5.76 Å². The molecule has 1 unspecified atom stereocenters. The maximum Gasteiger partial charge on any atom is 0.417 e. The fourth-order valence-electron chi connectivity index (χ4n) is 3.01. The topological polar surface area (TPSA) is 46.0 Å². The Hall–Kier alpha value is -1.22. The van der Waals surface area contributed by atoms with Crippen LogP contribution in [0, 0.1) is 5.92 Å². The molecule has 1 aliphatic rings. The first-order valence-electron chi connectivity index (χ1n) is 7.01. The maximum absolute atomic E-state index is 11.2. The van der Waals surface area contributed by atoms with Gasteiger partial charge in [-0.2, -0.15) is 0 Å². The number of aromatic amines is 1. The van der Waals surface area contributed by atoms with Crippen LogP contribution in [-0.4, -0.2) is 4.98 Å². The largest absolute Gasteiger partial charge is 0.417 e. The van der Waals surface area contributed by atoms with Crippen LogP contribution in [0.25, 0.3) is 11.1 Å². The molecule has 19 heavy (non-hydrogen) atoms. The van der Waals surface area contributed by atoms with Gasteiger partial charge in [-0.15, -0.1) is 11.6 Å². The predicted molar refractivity (Wildman–Crippen MR) is 76.6 cm³/mol. The first kappa shape index (κ1) is 12.8. The average Bonchev–Trinajstić information content (AvgIpc) is 2.63. The van der Waals surface area contributed by atoms with Crippen molar-refractivity contribution >= 4 is 22.7 Å². The van der Waals surface area contributed by atoms with Crippen LogP contribution in [0.5, 0.6) is 0 Å². The predicted octanol–water partition coefficient (Wildman–Crippen LogP) is 4.37. The Morgan fingerprint density at radius 2 is 1.95 bits per heavy atom. The molecule has 1 aromatic carbocycles. The van der Waals surface area contributed by atoms with E-state index in [1.54, 1.807) is 0 Å². The molecule has 3 rings (SSSR count). The molecule has 1 saturated carbocycles. The first-order valence-corrected chi connectivity index (χ1v) is 7.44. The van der Waals surface area contributed by atoms with Crippen molar-refractivity contribution in [2.24, 2.45) is 5.92 Å². The number of aromatic nitrogens is 1. The van der Waals surface area contributed by atoms with E-state index in [2.05, 4.69) is 4.98 Å². The summed E-state index contributed by atoms with van der Waals surface area (Å²) in [7, 11) is 0. The lowest BCUT2D eigenvalue weighted by Crippen LogP contribution is -2.07. The van der Waals surface area contributed by atoms with Crippen LogP contribution >= 0.6 is 11.6 Å². The molecule has 0 bridgehead atoms. The van der Waals surface area contributed by atoms with Gasteiger partial charge in [0.25, 0.3) is 0 Å². The lowest BCUT2D eigenvalue weighted by Gasteiger charge is -2.20. The first-order chi connectivity index (χ1) is 9.24. The molecule has 0 radical (unpaired) electrons. The summed E-state index contributed by atoms with van der Waals surface area (Å²) in [6, 6.07) is 5.77. The third-order valence-electron chi connectivity index (χ3n) is 4.08. The molecule has 0 amide bonds. The van der Waals surface area contributed by atoms with E-state index >= 15 is 0 Å². The molecule has 102 valence electrons. The Morgan fingerprint density at radius 1 is 1.21 bits per heavy atom. The quantitative estimate of drug-likeness (QED) is 0.655. The fourth-order valence-corrected chi connectivity index (χ4v) is 3.40. The molecule has 1 heterocycles. The monoisotopic (exact) mass is 279 g/mol. The van der Waals surface area contributed by atoms with Gasteiger partial charge in [-0.25, -0.2) is 4.79 Å². The Kier molecular flexibility index (Phi) is 3.65. The fraction of sp³-hybridized carbons (Fsp3) is 0.533. The second-order valence-corrected chi connectivity index (χ2v) is 5.89. The van der Waals surface area contributed by atoms with Crippen molar-refractivity contribution in [2.45, 2.75) is 43.9 Å². The molecular weight excluding hydrogens is 262 g/mol. The molecule has 0 aliphatic heterocycles. The summed E-state index contributed by atoms with van der Waals surface area (Å²) in [5, 5.41) is 0.0164. The number of H-pyrrole nitrogens is 1. The molecule has 1 N–H and O–H groups in total. The van der Waals surface area contributed by atoms with E-state index in [-0.39, 0.29) is 5.38 Å². The zero-order chi connectivity index (χ0) is 13.2. The third kappa shape index (κ3) is 2.71. The zero-order valence-corrected chi connectivity index (χ0v) is 11.6. The number of nitrogens with one attached hydrogen (secondary N) is 1. The SMILES string of the molecule is O=c1[nH]c2ccc(C(Cl)C3CCCCCC3)cc2o1. The van der Waals surface area contributed by atoms with Crippen LogP contribution in [0.4, 0.5) is 0 Å². The van der Waals surface area contributed by atoms with Crippen LogP contribution in [0.2, 0.25) is 0 Å². The molecule has 1 aromatic heterocycles. The summed E-state index contributed by atoms with van der Waals surface area (Å²) in [4.78, 5) is 13.8. The molecule has 3 nitrogen and oxygen atoms in total. The van der Waals surface area contributed by atoms with Gasteiger partial charge in [-0.05, 0) is 36.5 Å². The normalized spacial score (nSPS) is 19.4. The van der Waals surface area contributed by atoms with E-state index in [4.69, 9.17) is 16.0 Å². The number of hydrogen-bond donors (Lipinski definition) is 1. The van der Waals surface area contributed by atoms with E-state index < -0.39 is 5.76 Å². The summed E-state index contributed by atoms with van der Waals surface area (Å²) in [6.07, 6.45) is 7.59. The highest BCUT2D eigenvalue weighted by Crippen LogP contribution is 2.38. The van der Waals surface area contributed by atoms with Gasteiger partial charge >= 0.3 is 5.76 Å². The highest BCUT2D eigenvalue weighted by atomic mass is 35.5. The minimum absolute atomic E-state index is 0.0164. The number of alkyl halides is 1. The lowest BCUT2D eigenvalue weighted by molar-refractivity contribution is 0.445. The molecule has 2 aromatic rings. The van der Waals surface area contributed by atoms with Crippen molar-refractivity contribution in [3.05, 3.63) is 34.3 Å². The zero-order valence-electron chi connectivity index (χ0n) is 10.8. The standard InChI is InChI=1S/C15H18ClNO2/c16-14(10-5-3-1-2-4-6-10)11-7-8-12-13(9-11)19-15(18)17-12/h7-10,14H,1-6H2,(H,17,18). The third-order valence-corrected chi connectivity index (χ3v) is 4.69. The minimum atomic E-state index is -0.410. The Bertz CT molecular complexity index is 608. The summed E-state index contributed by atoms with van der Waals surface area (Å²) in [6.45, 7) is 0. The summed E-state index contributed by atoms with van der Waals surface area (Å²) < 4.78 is 5.10. The van der Waals surface area contributed by atoms with Crippen molar-refractivity contribution in [1.82, 2.24) is 4.98 Å². The van der Waals surface area contributed by atoms with E-state index in [0.29, 0.717) is 11.5 Å². The molecule has 1 fully saturated rings. The van der Waals surface area contributed by atoms with E-state index in [1.807, 2.05) is 18.2 Å². The van der Waals surface area contributed by atoms with Crippen molar-refractivity contribution in [2.75, 3.05) is 0 Å². The average molecular weight is 280 g/mol. The minimum Gasteiger partial charge on any atom is -0.408 e. The smallest absolute Gasteiger partial charge is 0.408 e. The number of halogens is 1. The number of hydrogen-bond acceptors (Lipinski definition) is 2. The van der Waals surface area contributed by atoms with E-state index in [9.17, 15) is 4.79 Å². The van der Waals surface area contributed by atoms with Crippen LogP contribution in [0.1, 0.15) is 49.5 Å². The lowest BCUT2D eigenvalue weighted by atomic mass is 9.92. The van der Waals surface area contributed by atoms with Gasteiger partial charge in [0.2, 0.25) is 0 Å². The highest BCUT2D eigenvalue weighted by Gasteiger charge is 2.22. The van der Waals surface area contributed by atoms with Crippen molar-refractivity contribution in [1.29, 1.82) is 0 Å². The number of oxazole rings is 1. The second-order valence-electron chi connectivity index (χ2n) is 5.42. The number of benzene rings is 1. The van der Waals surface area contributed by atoms with Crippen molar-refractivity contribution in [3.8, 4) is 0 Å². The maximum atomic E-state index is 11.2. The number of fused-ring (bicyclic) bond motifs is 1. The van der Waals surface area contributed by atoms with Gasteiger partial charge in [0.05, 0.1) is 10.9 Å². The Morgan fingerprint density at radius 3 is 2.68 bits per heavy atom. The van der Waals surface area contributed by atoms with Crippen LogP contribution in [0.15, 0.2) is 27.4 Å². The van der Waals surface area contributed by atoms with Gasteiger partial charge in [-0.3, -0.25) is 4.98 Å². The van der Waals surface area contributed by atoms with Crippen LogP contribution in [0.3, 0.4) is 0 Å². The summed E-state index contributed by atoms with van der Waals surface area (Å²) >= 11 is 6.63. The molecule has 0 saturated heterocycles. The van der Waals surface area contributed by atoms with Crippen molar-refractivity contribution in [3.63, 3.8) is 0 Å². The highest BCUT2D eigenvalue weighted by molar-refractivity contribution is 6.21. The summed E-state index contributed by atoms with van der Waals surface area (Å²) in [5.41, 5.74) is 2.39. The van der Waals surface area contributed by atoms with Gasteiger partial charge in [0.1, 0.15) is 0 Å². The number of rotatable bonds is 2. The van der Waals surface area contributed by atoms with E-state index in [1.165, 1.54) is 38.5 Å². The van der Waals surface area contributed by atoms with Gasteiger partial charge in [-0.1, -0.05) is 31.7 Å². The molecule has 1 atom stereocenters. The molecule has 1 aliphatic carbocycles. The summed E-state index contributed by atoms with van der Waals surface area (Å²) in [5.74, 6) is 0.125.